The second-order valence-corrected chi connectivity index (χ2v) is 5.29. The zero-order chi connectivity index (χ0) is 16.5. The molecule has 0 amide bonds. The van der Waals surface area contributed by atoms with Crippen molar-refractivity contribution in [1.82, 2.24) is 19.9 Å². The average molecular weight is 320 g/mol. The quantitative estimate of drug-likeness (QED) is 0.602. The molecule has 0 radical (unpaired) electrons. The van der Waals surface area contributed by atoms with E-state index in [4.69, 9.17) is 9.47 Å². The fourth-order valence-corrected chi connectivity index (χ4v) is 2.92. The van der Waals surface area contributed by atoms with Gasteiger partial charge in [0.25, 0.3) is 0 Å². The second-order valence-electron chi connectivity index (χ2n) is 5.29. The number of benzene rings is 2. The van der Waals surface area contributed by atoms with Crippen LogP contribution in [-0.4, -0.2) is 34.2 Å². The Morgan fingerprint density at radius 1 is 0.833 bits per heavy atom. The molecular weight excluding hydrogens is 304 g/mol. The van der Waals surface area contributed by atoms with E-state index in [0.29, 0.717) is 0 Å². The molecule has 2 N–H and O–H groups in total. The summed E-state index contributed by atoms with van der Waals surface area (Å²) in [6.45, 7) is 0. The summed E-state index contributed by atoms with van der Waals surface area (Å²) in [4.78, 5) is 15.1. The fraction of sp³-hybridized carbons (Fsp3) is 0.111. The molecule has 6 nitrogen and oxygen atoms in total. The van der Waals surface area contributed by atoms with Crippen molar-refractivity contribution in [2.75, 3.05) is 14.2 Å². The Hall–Kier alpha value is -3.28. The lowest BCUT2D eigenvalue weighted by molar-refractivity contribution is 0.415. The molecule has 4 rings (SSSR count). The van der Waals surface area contributed by atoms with Crippen molar-refractivity contribution < 1.29 is 9.47 Å². The highest BCUT2D eigenvalue weighted by Crippen LogP contribution is 2.41. The van der Waals surface area contributed by atoms with Crippen molar-refractivity contribution in [1.29, 1.82) is 0 Å². The maximum Gasteiger partial charge on any atom is 0.141 e. The van der Waals surface area contributed by atoms with Crippen molar-refractivity contribution in [2.24, 2.45) is 0 Å². The molecule has 0 aliphatic heterocycles. The standard InChI is InChI=1S/C18H16N4O2/c1-23-11-3-4-12-13(9-11)14(17-19-5-6-20-17)10-15(24-2)16(12)18-21-7-8-22-18/h3-10H,1-2H3,(H,19,20)(H,21,22). The number of ether oxygens (including phenoxy) is 2. The third-order valence-corrected chi connectivity index (χ3v) is 4.02. The van der Waals surface area contributed by atoms with E-state index in [0.717, 1.165) is 45.0 Å². The summed E-state index contributed by atoms with van der Waals surface area (Å²) in [6, 6.07) is 7.92. The maximum absolute atomic E-state index is 5.64. The average Bonchev–Trinajstić information content (AvgIpc) is 3.33. The molecule has 0 aliphatic carbocycles. The van der Waals surface area contributed by atoms with Crippen molar-refractivity contribution in [3.8, 4) is 34.3 Å². The lowest BCUT2D eigenvalue weighted by Gasteiger charge is -2.14. The van der Waals surface area contributed by atoms with Crippen molar-refractivity contribution >= 4 is 10.8 Å². The number of imidazole rings is 2. The summed E-state index contributed by atoms with van der Waals surface area (Å²) in [6.07, 6.45) is 7.05. The number of methoxy groups -OCH3 is 2. The van der Waals surface area contributed by atoms with E-state index >= 15 is 0 Å². The highest BCUT2D eigenvalue weighted by Gasteiger charge is 2.18. The van der Waals surface area contributed by atoms with Crippen LogP contribution in [0.4, 0.5) is 0 Å². The number of H-pyrrole nitrogens is 2. The minimum Gasteiger partial charge on any atom is -0.497 e. The van der Waals surface area contributed by atoms with Gasteiger partial charge in [-0.15, -0.1) is 0 Å². The highest BCUT2D eigenvalue weighted by molar-refractivity contribution is 6.06. The predicted molar refractivity (Wildman–Crippen MR) is 92.2 cm³/mol. The van der Waals surface area contributed by atoms with Crippen LogP contribution in [0.3, 0.4) is 0 Å². The van der Waals surface area contributed by atoms with Gasteiger partial charge in [0.2, 0.25) is 0 Å². The van der Waals surface area contributed by atoms with Gasteiger partial charge in [-0.1, -0.05) is 0 Å². The van der Waals surface area contributed by atoms with Gasteiger partial charge in [0, 0.05) is 30.4 Å². The Kier molecular flexibility index (Phi) is 3.42. The van der Waals surface area contributed by atoms with Crippen LogP contribution in [0.1, 0.15) is 0 Å². The van der Waals surface area contributed by atoms with E-state index in [2.05, 4.69) is 19.9 Å². The van der Waals surface area contributed by atoms with Gasteiger partial charge >= 0.3 is 0 Å². The van der Waals surface area contributed by atoms with Crippen LogP contribution < -0.4 is 9.47 Å². The molecule has 2 aromatic heterocycles. The molecule has 0 saturated carbocycles. The van der Waals surface area contributed by atoms with Crippen LogP contribution in [0.2, 0.25) is 0 Å². The summed E-state index contributed by atoms with van der Waals surface area (Å²) in [5.41, 5.74) is 1.86. The molecule has 2 aromatic carbocycles. The van der Waals surface area contributed by atoms with E-state index < -0.39 is 0 Å². The Morgan fingerprint density at radius 2 is 1.58 bits per heavy atom. The molecule has 0 bridgehead atoms. The summed E-state index contributed by atoms with van der Waals surface area (Å²) in [5, 5.41) is 2.02. The lowest BCUT2D eigenvalue weighted by Crippen LogP contribution is -1.95. The second kappa shape index (κ2) is 5.73. The molecule has 0 saturated heterocycles. The Morgan fingerprint density at radius 3 is 2.21 bits per heavy atom. The Labute approximate surface area is 138 Å². The van der Waals surface area contributed by atoms with Crippen LogP contribution >= 0.6 is 0 Å². The number of nitrogens with zero attached hydrogens (tertiary/aromatic N) is 2. The minimum absolute atomic E-state index is 0.731. The number of rotatable bonds is 4. The molecule has 4 aromatic rings. The molecule has 120 valence electrons. The molecule has 24 heavy (non-hydrogen) atoms. The van der Waals surface area contributed by atoms with Crippen molar-refractivity contribution in [3.05, 3.63) is 49.1 Å². The van der Waals surface area contributed by atoms with Gasteiger partial charge in [-0.25, -0.2) is 9.97 Å². The third kappa shape index (κ3) is 2.20. The molecule has 0 unspecified atom stereocenters. The van der Waals surface area contributed by atoms with Crippen LogP contribution in [0, 0.1) is 0 Å². The molecule has 2 heterocycles. The van der Waals surface area contributed by atoms with Crippen LogP contribution in [0.25, 0.3) is 33.5 Å². The number of aromatic amines is 2. The van der Waals surface area contributed by atoms with Crippen LogP contribution in [0.5, 0.6) is 11.5 Å². The predicted octanol–water partition coefficient (Wildman–Crippen LogP) is 3.64. The Balaban J connectivity index is 2.12. The topological polar surface area (TPSA) is 75.8 Å². The van der Waals surface area contributed by atoms with Gasteiger partial charge in [0.05, 0.1) is 19.8 Å². The summed E-state index contributed by atoms with van der Waals surface area (Å²) >= 11 is 0. The zero-order valence-electron chi connectivity index (χ0n) is 13.3. The first-order valence-electron chi connectivity index (χ1n) is 7.50. The molecule has 0 atom stereocenters. The fourth-order valence-electron chi connectivity index (χ4n) is 2.92. The number of hydrogen-bond acceptors (Lipinski definition) is 4. The smallest absolute Gasteiger partial charge is 0.141 e. The maximum atomic E-state index is 5.64. The Bertz CT molecular complexity index is 976. The largest absolute Gasteiger partial charge is 0.497 e. The van der Waals surface area contributed by atoms with Gasteiger partial charge in [0.15, 0.2) is 0 Å². The van der Waals surface area contributed by atoms with Gasteiger partial charge in [-0.05, 0) is 35.0 Å². The van der Waals surface area contributed by atoms with Crippen molar-refractivity contribution in [3.63, 3.8) is 0 Å². The van der Waals surface area contributed by atoms with E-state index in [9.17, 15) is 0 Å². The van der Waals surface area contributed by atoms with Crippen LogP contribution in [0.15, 0.2) is 49.1 Å². The minimum atomic E-state index is 0.731. The highest BCUT2D eigenvalue weighted by atomic mass is 16.5. The van der Waals surface area contributed by atoms with Gasteiger partial charge < -0.3 is 19.4 Å². The summed E-state index contributed by atoms with van der Waals surface area (Å²) < 4.78 is 11.0. The first-order valence-corrected chi connectivity index (χ1v) is 7.50. The summed E-state index contributed by atoms with van der Waals surface area (Å²) in [7, 11) is 3.31. The van der Waals surface area contributed by atoms with Gasteiger partial charge in [-0.2, -0.15) is 0 Å². The first-order chi connectivity index (χ1) is 11.8. The molecular formula is C18H16N4O2. The number of hydrogen-bond donors (Lipinski definition) is 2. The molecule has 0 fully saturated rings. The van der Waals surface area contributed by atoms with Crippen molar-refractivity contribution in [2.45, 2.75) is 0 Å². The summed E-state index contributed by atoms with van der Waals surface area (Å²) in [5.74, 6) is 3.05. The zero-order valence-corrected chi connectivity index (χ0v) is 13.3. The monoisotopic (exact) mass is 320 g/mol. The van der Waals surface area contributed by atoms with Gasteiger partial charge in [0.1, 0.15) is 23.1 Å². The van der Waals surface area contributed by atoms with E-state index in [-0.39, 0.29) is 0 Å². The van der Waals surface area contributed by atoms with Crippen LogP contribution in [-0.2, 0) is 0 Å². The third-order valence-electron chi connectivity index (χ3n) is 4.02. The van der Waals surface area contributed by atoms with E-state index in [1.807, 2.05) is 24.3 Å². The number of aromatic nitrogens is 4. The van der Waals surface area contributed by atoms with E-state index in [1.54, 1.807) is 39.0 Å². The number of fused-ring (bicyclic) bond motifs is 1. The SMILES string of the molecule is COc1ccc2c(-c3ncc[nH]3)c(OC)cc(-c3ncc[nH]3)c2c1. The lowest BCUT2D eigenvalue weighted by atomic mass is 9.97. The molecule has 0 aliphatic rings. The molecule has 0 spiro atoms. The van der Waals surface area contributed by atoms with E-state index in [1.165, 1.54) is 0 Å². The number of nitrogens with one attached hydrogen (secondary N) is 2. The normalized spacial score (nSPS) is 10.9. The van der Waals surface area contributed by atoms with Gasteiger partial charge in [-0.3, -0.25) is 0 Å². The first kappa shape index (κ1) is 14.3. The molecule has 6 heteroatoms.